The van der Waals surface area contributed by atoms with Crippen LogP contribution >= 0.6 is 31.9 Å². The summed E-state index contributed by atoms with van der Waals surface area (Å²) in [5.41, 5.74) is 1.42. The van der Waals surface area contributed by atoms with Crippen LogP contribution in [0.3, 0.4) is 0 Å². The van der Waals surface area contributed by atoms with Gasteiger partial charge in [-0.15, -0.1) is 0 Å². The van der Waals surface area contributed by atoms with Crippen LogP contribution in [0.2, 0.25) is 0 Å². The lowest BCUT2D eigenvalue weighted by Gasteiger charge is -2.14. The Labute approximate surface area is 248 Å². The van der Waals surface area contributed by atoms with Gasteiger partial charge in [0.1, 0.15) is 11.5 Å². The van der Waals surface area contributed by atoms with Gasteiger partial charge in [0.25, 0.3) is 0 Å². The highest BCUT2D eigenvalue weighted by Gasteiger charge is 2.19. The number of methoxy groups -OCH3 is 2. The van der Waals surface area contributed by atoms with Crippen LogP contribution in [0.15, 0.2) is 93.9 Å². The van der Waals surface area contributed by atoms with Gasteiger partial charge < -0.3 is 18.9 Å². The number of hydrogen-bond acceptors (Lipinski definition) is 6. The molecule has 8 heteroatoms. The lowest BCUT2D eigenvalue weighted by Crippen LogP contribution is -2.16. The minimum atomic E-state index is -0.515. The molecule has 0 aromatic heterocycles. The maximum Gasteiger partial charge on any atom is 0.315 e. The van der Waals surface area contributed by atoms with Gasteiger partial charge in [-0.05, 0) is 70.1 Å². The molecule has 0 spiro atoms. The van der Waals surface area contributed by atoms with Gasteiger partial charge >= 0.3 is 11.9 Å². The highest BCUT2D eigenvalue weighted by molar-refractivity contribution is 9.10. The number of esters is 2. The Balaban J connectivity index is 1.36. The van der Waals surface area contributed by atoms with E-state index in [2.05, 4.69) is 31.9 Å². The second-order valence-corrected chi connectivity index (χ2v) is 10.8. The van der Waals surface area contributed by atoms with E-state index in [1.165, 1.54) is 0 Å². The molecule has 5 aromatic carbocycles. The zero-order chi connectivity index (χ0) is 28.2. The summed E-state index contributed by atoms with van der Waals surface area (Å²) < 4.78 is 24.3. The van der Waals surface area contributed by atoms with E-state index < -0.39 is 11.9 Å². The topological polar surface area (TPSA) is 71.1 Å². The van der Waals surface area contributed by atoms with Gasteiger partial charge in [-0.1, -0.05) is 68.3 Å². The average Bonchev–Trinajstić information content (AvgIpc) is 2.94. The predicted molar refractivity (Wildman–Crippen MR) is 162 cm³/mol. The van der Waals surface area contributed by atoms with Crippen LogP contribution in [0.5, 0.6) is 23.0 Å². The molecular weight excluding hydrogens is 640 g/mol. The van der Waals surface area contributed by atoms with Crippen molar-refractivity contribution in [2.24, 2.45) is 0 Å². The van der Waals surface area contributed by atoms with Crippen LogP contribution in [-0.2, 0) is 22.4 Å². The van der Waals surface area contributed by atoms with Gasteiger partial charge in [-0.2, -0.15) is 0 Å². The Bertz CT molecular complexity index is 1620. The van der Waals surface area contributed by atoms with Gasteiger partial charge in [-0.3, -0.25) is 9.59 Å². The summed E-state index contributed by atoms with van der Waals surface area (Å²) in [5.74, 6) is 0.440. The fraction of sp³-hybridized carbons (Fsp3) is 0.125. The molecule has 0 fully saturated rings. The van der Waals surface area contributed by atoms with Crippen molar-refractivity contribution in [3.63, 3.8) is 0 Å². The van der Waals surface area contributed by atoms with Crippen LogP contribution in [0.1, 0.15) is 11.1 Å². The van der Waals surface area contributed by atoms with Crippen molar-refractivity contribution < 1.29 is 28.5 Å². The molecule has 202 valence electrons. The normalized spacial score (nSPS) is 10.9. The Morgan fingerprint density at radius 2 is 1.00 bits per heavy atom. The molecule has 0 saturated carbocycles. The molecule has 5 rings (SSSR count). The smallest absolute Gasteiger partial charge is 0.315 e. The van der Waals surface area contributed by atoms with Gasteiger partial charge in [0, 0.05) is 20.1 Å². The highest BCUT2D eigenvalue weighted by Crippen LogP contribution is 2.34. The minimum Gasteiger partial charge on any atom is -0.496 e. The Hall–Kier alpha value is -3.88. The molecular formula is C32H24Br2O6. The molecule has 0 heterocycles. The van der Waals surface area contributed by atoms with Crippen LogP contribution in [0.4, 0.5) is 0 Å². The Kier molecular flexibility index (Phi) is 8.38. The number of benzene rings is 5. The number of rotatable bonds is 8. The molecule has 0 saturated heterocycles. The van der Waals surface area contributed by atoms with E-state index in [1.807, 2.05) is 60.7 Å². The van der Waals surface area contributed by atoms with Gasteiger partial charge in [0.05, 0.1) is 27.1 Å². The van der Waals surface area contributed by atoms with Gasteiger partial charge in [0.2, 0.25) is 0 Å². The first-order chi connectivity index (χ1) is 19.4. The van der Waals surface area contributed by atoms with Crippen molar-refractivity contribution in [3.05, 3.63) is 105 Å². The first kappa shape index (κ1) is 27.7. The quantitative estimate of drug-likeness (QED) is 0.124. The Morgan fingerprint density at radius 1 is 0.575 bits per heavy atom. The molecule has 0 aliphatic heterocycles. The highest BCUT2D eigenvalue weighted by atomic mass is 79.9. The molecule has 0 radical (unpaired) electrons. The second kappa shape index (κ2) is 12.1. The van der Waals surface area contributed by atoms with E-state index in [0.717, 1.165) is 30.5 Å². The molecule has 5 aromatic rings. The molecule has 0 amide bonds. The third kappa shape index (κ3) is 5.98. The summed E-state index contributed by atoms with van der Waals surface area (Å²) in [6.45, 7) is 0. The first-order valence-corrected chi connectivity index (χ1v) is 14.0. The van der Waals surface area contributed by atoms with E-state index in [-0.39, 0.29) is 24.3 Å². The van der Waals surface area contributed by atoms with E-state index in [9.17, 15) is 9.59 Å². The molecule has 6 nitrogen and oxygen atoms in total. The number of fused-ring (bicyclic) bond motifs is 2. The van der Waals surface area contributed by atoms with Crippen molar-refractivity contribution in [2.45, 2.75) is 12.8 Å². The van der Waals surface area contributed by atoms with Crippen molar-refractivity contribution in [1.29, 1.82) is 0 Å². The van der Waals surface area contributed by atoms with Crippen molar-refractivity contribution in [2.75, 3.05) is 14.2 Å². The monoisotopic (exact) mass is 662 g/mol. The van der Waals surface area contributed by atoms with Crippen LogP contribution in [0, 0.1) is 0 Å². The standard InChI is InChI=1S/C32H24Br2O6/c1-37-27-13-7-19-15-21(33)9-11-23(19)25(27)17-31(35)39-29-5-3-4-6-30(29)40-32(36)18-26-24-12-10-22(34)16-20(24)8-14-28(26)38-2/h3-16H,17-18H2,1-2H3. The molecule has 40 heavy (non-hydrogen) atoms. The van der Waals surface area contributed by atoms with E-state index in [0.29, 0.717) is 22.6 Å². The summed E-state index contributed by atoms with van der Waals surface area (Å²) in [7, 11) is 3.13. The average molecular weight is 664 g/mol. The van der Waals surface area contributed by atoms with Crippen LogP contribution < -0.4 is 18.9 Å². The van der Waals surface area contributed by atoms with E-state index in [1.54, 1.807) is 38.5 Å². The zero-order valence-electron chi connectivity index (χ0n) is 21.7. The first-order valence-electron chi connectivity index (χ1n) is 12.4. The molecule has 0 bridgehead atoms. The lowest BCUT2D eigenvalue weighted by molar-refractivity contribution is -0.136. The number of para-hydroxylation sites is 2. The Morgan fingerprint density at radius 3 is 1.40 bits per heavy atom. The molecule has 0 unspecified atom stereocenters. The SMILES string of the molecule is COc1ccc2cc(Br)ccc2c1CC(=O)Oc1ccccc1OC(=O)Cc1c(OC)ccc2cc(Br)ccc12. The van der Waals surface area contributed by atoms with Crippen molar-refractivity contribution >= 4 is 65.3 Å². The summed E-state index contributed by atoms with van der Waals surface area (Å²) >= 11 is 6.97. The number of halogens is 2. The molecule has 0 atom stereocenters. The summed E-state index contributed by atoms with van der Waals surface area (Å²) in [6, 6.07) is 25.8. The lowest BCUT2D eigenvalue weighted by atomic mass is 10.0. The van der Waals surface area contributed by atoms with Gasteiger partial charge in [0.15, 0.2) is 11.5 Å². The van der Waals surface area contributed by atoms with Crippen LogP contribution in [0.25, 0.3) is 21.5 Å². The molecule has 0 N–H and O–H groups in total. The predicted octanol–water partition coefficient (Wildman–Crippen LogP) is 7.83. The number of hydrogen-bond donors (Lipinski definition) is 0. The fourth-order valence-corrected chi connectivity index (χ4v) is 5.42. The van der Waals surface area contributed by atoms with Crippen LogP contribution in [-0.4, -0.2) is 26.2 Å². The third-order valence-electron chi connectivity index (χ3n) is 6.48. The zero-order valence-corrected chi connectivity index (χ0v) is 24.9. The molecule has 0 aliphatic rings. The van der Waals surface area contributed by atoms with Crippen molar-refractivity contribution in [3.8, 4) is 23.0 Å². The summed E-state index contributed by atoms with van der Waals surface area (Å²) in [5, 5.41) is 3.69. The minimum absolute atomic E-state index is 0.0345. The van der Waals surface area contributed by atoms with Gasteiger partial charge in [-0.25, -0.2) is 0 Å². The van der Waals surface area contributed by atoms with E-state index >= 15 is 0 Å². The largest absolute Gasteiger partial charge is 0.496 e. The summed E-state index contributed by atoms with van der Waals surface area (Å²) in [6.07, 6.45) is -0.0691. The maximum atomic E-state index is 13.1. The third-order valence-corrected chi connectivity index (χ3v) is 7.47. The molecule has 0 aliphatic carbocycles. The number of carbonyl (C=O) groups excluding carboxylic acids is 2. The van der Waals surface area contributed by atoms with E-state index in [4.69, 9.17) is 18.9 Å². The second-order valence-electron chi connectivity index (χ2n) is 8.97. The number of carbonyl (C=O) groups is 2. The summed E-state index contributed by atoms with van der Waals surface area (Å²) in [4.78, 5) is 26.2. The van der Waals surface area contributed by atoms with Crippen molar-refractivity contribution in [1.82, 2.24) is 0 Å². The maximum absolute atomic E-state index is 13.1. The number of ether oxygens (including phenoxy) is 4. The fourth-order valence-electron chi connectivity index (χ4n) is 4.66.